The molecule has 1 aromatic carbocycles. The van der Waals surface area contributed by atoms with Crippen LogP contribution in [0.25, 0.3) is 5.13 Å². The van der Waals surface area contributed by atoms with Crippen LogP contribution in [0.15, 0.2) is 41.9 Å². The Labute approximate surface area is 184 Å². The number of ether oxygens (including phenoxy) is 1. The molecule has 3 aromatic rings. The zero-order valence-corrected chi connectivity index (χ0v) is 18.4. The molecule has 4 rings (SSSR count). The maximum atomic E-state index is 12.7. The van der Waals surface area contributed by atoms with Gasteiger partial charge >= 0.3 is 5.97 Å². The van der Waals surface area contributed by atoms with Crippen molar-refractivity contribution >= 4 is 34.7 Å². The number of carbonyl (C=O) groups is 3. The zero-order valence-electron chi connectivity index (χ0n) is 17.6. The fourth-order valence-corrected chi connectivity index (χ4v) is 4.59. The molecule has 3 heterocycles. The first-order valence-corrected chi connectivity index (χ1v) is 10.9. The Kier molecular flexibility index (Phi) is 5.73. The third kappa shape index (κ3) is 4.16. The van der Waals surface area contributed by atoms with Crippen LogP contribution >= 0.6 is 11.3 Å². The molecule has 7 nitrogen and oxygen atoms in total. The van der Waals surface area contributed by atoms with Crippen LogP contribution in [0.3, 0.4) is 0 Å². The normalized spacial score (nSPS) is 16.0. The van der Waals surface area contributed by atoms with E-state index < -0.39 is 11.9 Å². The quantitative estimate of drug-likeness (QED) is 0.434. The molecule has 0 radical (unpaired) electrons. The molecule has 2 aromatic heterocycles. The number of carbonyl (C=O) groups excluding carboxylic acids is 3. The Morgan fingerprint density at radius 2 is 1.94 bits per heavy atom. The first kappa shape index (κ1) is 21.0. The molecule has 1 unspecified atom stereocenters. The van der Waals surface area contributed by atoms with E-state index in [1.807, 2.05) is 55.0 Å². The Hall–Kier alpha value is -3.26. The van der Waals surface area contributed by atoms with E-state index in [-0.39, 0.29) is 31.3 Å². The average Bonchev–Trinajstić information content (AvgIpc) is 3.46. The van der Waals surface area contributed by atoms with Crippen molar-refractivity contribution in [1.82, 2.24) is 9.55 Å². The lowest BCUT2D eigenvalue weighted by Gasteiger charge is -2.16. The van der Waals surface area contributed by atoms with Crippen molar-refractivity contribution in [2.24, 2.45) is 5.92 Å². The van der Waals surface area contributed by atoms with E-state index >= 15 is 0 Å². The van der Waals surface area contributed by atoms with Crippen LogP contribution in [0.2, 0.25) is 0 Å². The largest absolute Gasteiger partial charge is 0.457 e. The van der Waals surface area contributed by atoms with E-state index in [2.05, 4.69) is 4.98 Å². The van der Waals surface area contributed by atoms with Crippen LogP contribution in [0.1, 0.15) is 33.7 Å². The highest BCUT2D eigenvalue weighted by Crippen LogP contribution is 2.27. The highest BCUT2D eigenvalue weighted by molar-refractivity contribution is 7.12. The molecule has 1 saturated heterocycles. The fraction of sp³-hybridized carbons (Fsp3) is 0.304. The second kappa shape index (κ2) is 8.47. The van der Waals surface area contributed by atoms with E-state index in [4.69, 9.17) is 4.74 Å². The Bertz CT molecular complexity index is 1130. The molecule has 1 amide bonds. The second-order valence-electron chi connectivity index (χ2n) is 7.71. The van der Waals surface area contributed by atoms with E-state index in [1.54, 1.807) is 17.2 Å². The number of anilines is 1. The van der Waals surface area contributed by atoms with Gasteiger partial charge in [0, 0.05) is 47.2 Å². The monoisotopic (exact) mass is 437 g/mol. The number of thiazole rings is 1. The number of hydrogen-bond donors (Lipinski definition) is 0. The minimum absolute atomic E-state index is 0.0828. The van der Waals surface area contributed by atoms with Crippen LogP contribution in [0.4, 0.5) is 5.69 Å². The summed E-state index contributed by atoms with van der Waals surface area (Å²) in [6.07, 6.45) is 1.80. The molecule has 8 heteroatoms. The topological polar surface area (TPSA) is 81.5 Å². The zero-order chi connectivity index (χ0) is 22.1. The van der Waals surface area contributed by atoms with E-state index in [0.717, 1.165) is 27.8 Å². The van der Waals surface area contributed by atoms with Gasteiger partial charge in [-0.15, -0.1) is 11.3 Å². The molecule has 1 aliphatic heterocycles. The molecule has 1 atom stereocenters. The molecule has 1 fully saturated rings. The van der Waals surface area contributed by atoms with Crippen molar-refractivity contribution in [3.8, 4) is 5.13 Å². The number of Topliss-reactive ketones (excluding diaryl/α,β-unsaturated/α-hetero) is 1. The van der Waals surface area contributed by atoms with Gasteiger partial charge in [0.25, 0.3) is 0 Å². The molecule has 0 bridgehead atoms. The fourth-order valence-electron chi connectivity index (χ4n) is 3.84. The molecular formula is C23H23N3O4S. The van der Waals surface area contributed by atoms with Gasteiger partial charge in [-0.25, -0.2) is 4.98 Å². The van der Waals surface area contributed by atoms with Gasteiger partial charge < -0.3 is 9.64 Å². The SMILES string of the molecule is Cc1ccc(N2CC(C(=O)OCC(=O)c3cc(C)n(-c4nccs4)c3C)CC2=O)cc1. The summed E-state index contributed by atoms with van der Waals surface area (Å²) in [7, 11) is 0. The third-order valence-electron chi connectivity index (χ3n) is 5.49. The standard InChI is InChI=1S/C23H23N3O4S/c1-14-4-6-18(7-5-14)25-12-17(11-21(25)28)22(29)30-13-20(27)19-10-15(2)26(16(19)3)23-24-8-9-31-23/h4-10,17H,11-13H2,1-3H3. The lowest BCUT2D eigenvalue weighted by molar-refractivity contribution is -0.147. The van der Waals surface area contributed by atoms with Crippen LogP contribution in [-0.4, -0.2) is 40.4 Å². The van der Waals surface area contributed by atoms with Crippen LogP contribution in [-0.2, 0) is 14.3 Å². The number of benzene rings is 1. The van der Waals surface area contributed by atoms with Gasteiger partial charge in [-0.05, 0) is 39.0 Å². The number of amides is 1. The summed E-state index contributed by atoms with van der Waals surface area (Å²) in [5.74, 6) is -1.50. The summed E-state index contributed by atoms with van der Waals surface area (Å²) < 4.78 is 7.21. The lowest BCUT2D eigenvalue weighted by atomic mass is 10.1. The van der Waals surface area contributed by atoms with E-state index in [0.29, 0.717) is 5.56 Å². The predicted octanol–water partition coefficient (Wildman–Crippen LogP) is 3.64. The van der Waals surface area contributed by atoms with Gasteiger partial charge in [-0.1, -0.05) is 17.7 Å². The highest BCUT2D eigenvalue weighted by atomic mass is 32.1. The predicted molar refractivity (Wildman–Crippen MR) is 118 cm³/mol. The highest BCUT2D eigenvalue weighted by Gasteiger charge is 2.36. The van der Waals surface area contributed by atoms with Crippen LogP contribution in [0, 0.1) is 26.7 Å². The summed E-state index contributed by atoms with van der Waals surface area (Å²) in [5.41, 5.74) is 4.01. The number of rotatable bonds is 6. The van der Waals surface area contributed by atoms with E-state index in [1.165, 1.54) is 11.3 Å². The van der Waals surface area contributed by atoms with Gasteiger partial charge in [0.15, 0.2) is 11.7 Å². The van der Waals surface area contributed by atoms with Crippen molar-refractivity contribution in [2.45, 2.75) is 27.2 Å². The molecule has 0 spiro atoms. The van der Waals surface area contributed by atoms with Gasteiger partial charge in [0.05, 0.1) is 5.92 Å². The molecule has 0 N–H and O–H groups in total. The van der Waals surface area contributed by atoms with Crippen LogP contribution in [0.5, 0.6) is 0 Å². The summed E-state index contributed by atoms with van der Waals surface area (Å²) in [6.45, 7) is 5.63. The minimum atomic E-state index is -0.579. The smallest absolute Gasteiger partial charge is 0.311 e. The maximum Gasteiger partial charge on any atom is 0.311 e. The number of aromatic nitrogens is 2. The molecule has 0 aliphatic carbocycles. The van der Waals surface area contributed by atoms with Crippen molar-refractivity contribution in [3.63, 3.8) is 0 Å². The van der Waals surface area contributed by atoms with Gasteiger partial charge in [-0.2, -0.15) is 0 Å². The lowest BCUT2D eigenvalue weighted by Crippen LogP contribution is -2.27. The van der Waals surface area contributed by atoms with Crippen LogP contribution < -0.4 is 4.90 Å². The molecule has 1 aliphatic rings. The van der Waals surface area contributed by atoms with Crippen molar-refractivity contribution in [1.29, 1.82) is 0 Å². The Balaban J connectivity index is 1.39. The summed E-state index contributed by atoms with van der Waals surface area (Å²) in [5, 5.41) is 2.66. The number of ketones is 1. The maximum absolute atomic E-state index is 12.7. The summed E-state index contributed by atoms with van der Waals surface area (Å²) in [6, 6.07) is 9.36. The Morgan fingerprint density at radius 3 is 2.61 bits per heavy atom. The van der Waals surface area contributed by atoms with Crippen molar-refractivity contribution in [2.75, 3.05) is 18.1 Å². The number of nitrogens with zero attached hydrogens (tertiary/aromatic N) is 3. The van der Waals surface area contributed by atoms with Crippen molar-refractivity contribution < 1.29 is 19.1 Å². The first-order chi connectivity index (χ1) is 14.8. The summed E-state index contributed by atoms with van der Waals surface area (Å²) >= 11 is 1.48. The second-order valence-corrected chi connectivity index (χ2v) is 8.58. The molecule has 31 heavy (non-hydrogen) atoms. The average molecular weight is 438 g/mol. The van der Waals surface area contributed by atoms with Gasteiger partial charge in [-0.3, -0.25) is 19.0 Å². The van der Waals surface area contributed by atoms with Crippen molar-refractivity contribution in [3.05, 3.63) is 64.4 Å². The Morgan fingerprint density at radius 1 is 1.19 bits per heavy atom. The molecular weight excluding hydrogens is 414 g/mol. The molecule has 160 valence electrons. The van der Waals surface area contributed by atoms with Gasteiger partial charge in [0.1, 0.15) is 0 Å². The summed E-state index contributed by atoms with van der Waals surface area (Å²) in [4.78, 5) is 43.5. The number of hydrogen-bond acceptors (Lipinski definition) is 6. The minimum Gasteiger partial charge on any atom is -0.457 e. The number of esters is 1. The number of aryl methyl sites for hydroxylation is 2. The first-order valence-electron chi connectivity index (χ1n) is 10.0. The molecule has 0 saturated carbocycles. The van der Waals surface area contributed by atoms with Gasteiger partial charge in [0.2, 0.25) is 11.7 Å². The van der Waals surface area contributed by atoms with E-state index in [9.17, 15) is 14.4 Å². The third-order valence-corrected chi connectivity index (χ3v) is 6.25.